The molecule has 1 aliphatic heterocycles. The van der Waals surface area contributed by atoms with E-state index in [1.807, 2.05) is 31.2 Å². The Morgan fingerprint density at radius 1 is 1.00 bits per heavy atom. The number of ether oxygens (including phenoxy) is 2. The van der Waals surface area contributed by atoms with Gasteiger partial charge in [0.2, 0.25) is 11.8 Å². The van der Waals surface area contributed by atoms with Gasteiger partial charge in [0.25, 0.3) is 0 Å². The van der Waals surface area contributed by atoms with Gasteiger partial charge in [-0.15, -0.1) is 0 Å². The van der Waals surface area contributed by atoms with Gasteiger partial charge < -0.3 is 20.1 Å². The summed E-state index contributed by atoms with van der Waals surface area (Å²) in [5, 5.41) is 5.69. The Balaban J connectivity index is 1.53. The predicted octanol–water partition coefficient (Wildman–Crippen LogP) is 2.66. The number of anilines is 2. The lowest BCUT2D eigenvalue weighted by molar-refractivity contribution is -0.122. The second-order valence-corrected chi connectivity index (χ2v) is 6.85. The third kappa shape index (κ3) is 5.01. The molecule has 7 nitrogen and oxygen atoms in total. The van der Waals surface area contributed by atoms with Crippen LogP contribution in [0.25, 0.3) is 0 Å². The van der Waals surface area contributed by atoms with Crippen LogP contribution in [0.5, 0.6) is 11.5 Å². The van der Waals surface area contributed by atoms with Crippen molar-refractivity contribution in [1.82, 2.24) is 4.90 Å². The zero-order valence-corrected chi connectivity index (χ0v) is 16.3. The van der Waals surface area contributed by atoms with Crippen LogP contribution in [0.4, 0.5) is 11.4 Å². The van der Waals surface area contributed by atoms with E-state index in [0.29, 0.717) is 30.4 Å². The fourth-order valence-corrected chi connectivity index (χ4v) is 2.77. The lowest BCUT2D eigenvalue weighted by Crippen LogP contribution is -2.43. The fourth-order valence-electron chi connectivity index (χ4n) is 2.77. The van der Waals surface area contributed by atoms with Gasteiger partial charge in [-0.05, 0) is 45.2 Å². The van der Waals surface area contributed by atoms with E-state index >= 15 is 0 Å². The van der Waals surface area contributed by atoms with E-state index in [4.69, 9.17) is 9.47 Å². The Morgan fingerprint density at radius 3 is 2.36 bits per heavy atom. The smallest absolute Gasteiger partial charge is 0.241 e. The molecule has 148 valence electrons. The van der Waals surface area contributed by atoms with Gasteiger partial charge in [-0.1, -0.05) is 17.7 Å². The van der Waals surface area contributed by atoms with Crippen molar-refractivity contribution in [2.24, 2.45) is 0 Å². The summed E-state index contributed by atoms with van der Waals surface area (Å²) in [5.74, 6) is 0.900. The highest BCUT2D eigenvalue weighted by atomic mass is 16.6. The third-order valence-corrected chi connectivity index (χ3v) is 4.58. The van der Waals surface area contributed by atoms with Gasteiger partial charge in [-0.3, -0.25) is 14.5 Å². The summed E-state index contributed by atoms with van der Waals surface area (Å²) in [5.41, 5.74) is 2.48. The molecular formula is C21H25N3O4. The molecule has 3 rings (SSSR count). The van der Waals surface area contributed by atoms with Gasteiger partial charge in [0.15, 0.2) is 11.5 Å². The number of aryl methyl sites for hydroxylation is 1. The number of nitrogens with one attached hydrogen (secondary N) is 2. The van der Waals surface area contributed by atoms with Crippen LogP contribution >= 0.6 is 0 Å². The summed E-state index contributed by atoms with van der Waals surface area (Å²) < 4.78 is 11.0. The van der Waals surface area contributed by atoms with Gasteiger partial charge in [0, 0.05) is 17.4 Å². The molecule has 2 amide bonds. The molecule has 1 aliphatic rings. The fraction of sp³-hybridized carbons (Fsp3) is 0.333. The minimum absolute atomic E-state index is 0.101. The summed E-state index contributed by atoms with van der Waals surface area (Å²) in [4.78, 5) is 26.5. The van der Waals surface area contributed by atoms with Crippen molar-refractivity contribution in [1.29, 1.82) is 0 Å². The highest BCUT2D eigenvalue weighted by Gasteiger charge is 2.21. The van der Waals surface area contributed by atoms with Gasteiger partial charge in [0.05, 0.1) is 12.6 Å². The van der Waals surface area contributed by atoms with E-state index in [9.17, 15) is 9.59 Å². The molecule has 0 unspecified atom stereocenters. The summed E-state index contributed by atoms with van der Waals surface area (Å²) >= 11 is 0. The molecule has 0 saturated heterocycles. The van der Waals surface area contributed by atoms with Crippen molar-refractivity contribution in [3.05, 3.63) is 48.0 Å². The monoisotopic (exact) mass is 383 g/mol. The topological polar surface area (TPSA) is 79.9 Å². The van der Waals surface area contributed by atoms with Crippen LogP contribution in [0.3, 0.4) is 0 Å². The molecule has 7 heteroatoms. The van der Waals surface area contributed by atoms with E-state index in [1.54, 1.807) is 37.1 Å². The number of carbonyl (C=O) groups is 2. The highest BCUT2D eigenvalue weighted by molar-refractivity contribution is 5.96. The second-order valence-electron chi connectivity index (χ2n) is 6.85. The van der Waals surface area contributed by atoms with Crippen molar-refractivity contribution < 1.29 is 19.1 Å². The first-order chi connectivity index (χ1) is 13.4. The maximum Gasteiger partial charge on any atom is 0.241 e. The second kappa shape index (κ2) is 8.75. The Labute approximate surface area is 164 Å². The minimum atomic E-state index is -0.489. The van der Waals surface area contributed by atoms with Crippen molar-refractivity contribution in [2.45, 2.75) is 19.9 Å². The SMILES string of the molecule is Cc1ccc(NC(=O)CN(C)[C@@H](C)C(=O)Nc2ccc3c(c2)OCCO3)cc1. The molecule has 1 heterocycles. The number of hydrogen-bond acceptors (Lipinski definition) is 5. The van der Waals surface area contributed by atoms with Crippen LogP contribution in [0.2, 0.25) is 0 Å². The number of hydrogen-bond donors (Lipinski definition) is 2. The van der Waals surface area contributed by atoms with E-state index in [1.165, 1.54) is 0 Å². The summed E-state index contributed by atoms with van der Waals surface area (Å²) in [7, 11) is 1.74. The van der Waals surface area contributed by atoms with Crippen molar-refractivity contribution in [3.63, 3.8) is 0 Å². The number of carbonyl (C=O) groups excluding carboxylic acids is 2. The van der Waals surface area contributed by atoms with Gasteiger partial charge in [0.1, 0.15) is 13.2 Å². The van der Waals surface area contributed by atoms with Crippen LogP contribution in [-0.4, -0.2) is 49.6 Å². The van der Waals surface area contributed by atoms with Gasteiger partial charge >= 0.3 is 0 Å². The Kier molecular flexibility index (Phi) is 6.16. The molecule has 0 fully saturated rings. The zero-order chi connectivity index (χ0) is 20.1. The Morgan fingerprint density at radius 2 is 1.64 bits per heavy atom. The third-order valence-electron chi connectivity index (χ3n) is 4.58. The van der Waals surface area contributed by atoms with Crippen LogP contribution in [0.15, 0.2) is 42.5 Å². The van der Waals surface area contributed by atoms with E-state index < -0.39 is 6.04 Å². The number of benzene rings is 2. The standard InChI is InChI=1S/C21H25N3O4/c1-14-4-6-16(7-5-14)22-20(25)13-24(3)15(2)21(26)23-17-8-9-18-19(12-17)28-11-10-27-18/h4-9,12,15H,10-11,13H2,1-3H3,(H,22,25)(H,23,26)/t15-/m0/s1. The zero-order valence-electron chi connectivity index (χ0n) is 16.3. The number of rotatable bonds is 6. The first kappa shape index (κ1) is 19.7. The summed E-state index contributed by atoms with van der Waals surface area (Å²) in [6.07, 6.45) is 0. The molecule has 1 atom stereocenters. The van der Waals surface area contributed by atoms with Gasteiger partial charge in [-0.2, -0.15) is 0 Å². The first-order valence-corrected chi connectivity index (χ1v) is 9.19. The molecule has 0 aromatic heterocycles. The van der Waals surface area contributed by atoms with Crippen LogP contribution in [0.1, 0.15) is 12.5 Å². The molecule has 0 aliphatic carbocycles. The van der Waals surface area contributed by atoms with Crippen LogP contribution in [-0.2, 0) is 9.59 Å². The predicted molar refractivity (Wildman–Crippen MR) is 108 cm³/mol. The van der Waals surface area contributed by atoms with E-state index in [0.717, 1.165) is 11.3 Å². The lowest BCUT2D eigenvalue weighted by Gasteiger charge is -2.24. The first-order valence-electron chi connectivity index (χ1n) is 9.19. The largest absolute Gasteiger partial charge is 0.486 e. The van der Waals surface area contributed by atoms with E-state index in [2.05, 4.69) is 10.6 Å². The average molecular weight is 383 g/mol. The van der Waals surface area contributed by atoms with Crippen LogP contribution in [0, 0.1) is 6.92 Å². The Bertz CT molecular complexity index is 851. The quantitative estimate of drug-likeness (QED) is 0.802. The molecule has 2 N–H and O–H groups in total. The highest BCUT2D eigenvalue weighted by Crippen LogP contribution is 2.32. The number of likely N-dealkylation sites (N-methyl/N-ethyl adjacent to an activating group) is 1. The minimum Gasteiger partial charge on any atom is -0.486 e. The summed E-state index contributed by atoms with van der Waals surface area (Å²) in [6.45, 7) is 4.85. The summed E-state index contributed by atoms with van der Waals surface area (Å²) in [6, 6.07) is 12.4. The maximum absolute atomic E-state index is 12.5. The molecule has 0 bridgehead atoms. The lowest BCUT2D eigenvalue weighted by atomic mass is 10.2. The van der Waals surface area contributed by atoms with Crippen molar-refractivity contribution in [3.8, 4) is 11.5 Å². The number of nitrogens with zero attached hydrogens (tertiary/aromatic N) is 1. The maximum atomic E-state index is 12.5. The molecule has 0 radical (unpaired) electrons. The van der Waals surface area contributed by atoms with Crippen molar-refractivity contribution in [2.75, 3.05) is 37.4 Å². The number of amides is 2. The molecule has 0 saturated carbocycles. The molecule has 2 aromatic carbocycles. The normalized spacial score (nSPS) is 13.7. The van der Waals surface area contributed by atoms with Gasteiger partial charge in [-0.25, -0.2) is 0 Å². The molecule has 2 aromatic rings. The van der Waals surface area contributed by atoms with Crippen molar-refractivity contribution >= 4 is 23.2 Å². The average Bonchev–Trinajstić information content (AvgIpc) is 2.69. The van der Waals surface area contributed by atoms with Crippen LogP contribution < -0.4 is 20.1 Å². The molecule has 0 spiro atoms. The molecule has 28 heavy (non-hydrogen) atoms. The number of fused-ring (bicyclic) bond motifs is 1. The Hall–Kier alpha value is -3.06. The van der Waals surface area contributed by atoms with E-state index in [-0.39, 0.29) is 18.4 Å². The molecular weight excluding hydrogens is 358 g/mol.